The maximum absolute atomic E-state index is 13.9. The van der Waals surface area contributed by atoms with Crippen molar-refractivity contribution in [2.24, 2.45) is 0 Å². The summed E-state index contributed by atoms with van der Waals surface area (Å²) >= 11 is 6.93. The number of benzene rings is 1. The Bertz CT molecular complexity index is 706. The third-order valence-electron chi connectivity index (χ3n) is 3.28. The summed E-state index contributed by atoms with van der Waals surface area (Å²) in [6, 6.07) is 9.59. The van der Waals surface area contributed by atoms with Crippen molar-refractivity contribution < 1.29 is 4.39 Å². The molecule has 0 fully saturated rings. The van der Waals surface area contributed by atoms with Crippen molar-refractivity contribution in [1.82, 2.24) is 5.32 Å². The number of halogens is 2. The van der Waals surface area contributed by atoms with Gasteiger partial charge < -0.3 is 5.32 Å². The van der Waals surface area contributed by atoms with Gasteiger partial charge in [-0.3, -0.25) is 0 Å². The van der Waals surface area contributed by atoms with Crippen LogP contribution >= 0.6 is 38.6 Å². The van der Waals surface area contributed by atoms with E-state index in [1.165, 1.54) is 20.3 Å². The van der Waals surface area contributed by atoms with Crippen LogP contribution in [0.15, 0.2) is 40.2 Å². The monoisotopic (exact) mass is 369 g/mol. The van der Waals surface area contributed by atoms with Crippen molar-refractivity contribution in [3.05, 3.63) is 56.4 Å². The summed E-state index contributed by atoms with van der Waals surface area (Å²) in [6.07, 6.45) is 0.648. The predicted molar refractivity (Wildman–Crippen MR) is 89.3 cm³/mol. The molecule has 0 aliphatic rings. The molecule has 104 valence electrons. The standard InChI is InChI=1S/C15H13BrFNS2/c1-18-12(7-9-6-10(16)2-3-11(9)17)14-8-15-13(20-14)4-5-19-15/h2-6,8,12,18H,7H2,1H3. The maximum atomic E-state index is 13.9. The number of hydrogen-bond acceptors (Lipinski definition) is 3. The lowest BCUT2D eigenvalue weighted by atomic mass is 10.0. The molecule has 0 radical (unpaired) electrons. The minimum atomic E-state index is -0.146. The van der Waals surface area contributed by atoms with Crippen molar-refractivity contribution in [2.45, 2.75) is 12.5 Å². The minimum absolute atomic E-state index is 0.142. The second-order valence-corrected chi connectivity index (χ2v) is 7.56. The quantitative estimate of drug-likeness (QED) is 0.651. The highest BCUT2D eigenvalue weighted by atomic mass is 79.9. The van der Waals surface area contributed by atoms with Crippen LogP contribution in [0.1, 0.15) is 16.5 Å². The fourth-order valence-corrected chi connectivity index (χ4v) is 4.86. The molecule has 3 rings (SSSR count). The zero-order valence-electron chi connectivity index (χ0n) is 10.8. The molecular formula is C15H13BrFNS2. The Morgan fingerprint density at radius 2 is 2.10 bits per heavy atom. The first-order valence-electron chi connectivity index (χ1n) is 6.25. The average Bonchev–Trinajstić information content (AvgIpc) is 3.00. The average molecular weight is 370 g/mol. The third-order valence-corrected chi connectivity index (χ3v) is 5.98. The molecule has 0 saturated carbocycles. The Morgan fingerprint density at radius 1 is 1.25 bits per heavy atom. The fourth-order valence-electron chi connectivity index (χ4n) is 2.22. The van der Waals surface area contributed by atoms with Gasteiger partial charge in [-0.2, -0.15) is 0 Å². The highest BCUT2D eigenvalue weighted by Crippen LogP contribution is 2.34. The Kier molecular flexibility index (Phi) is 4.21. The zero-order chi connectivity index (χ0) is 14.1. The summed E-state index contributed by atoms with van der Waals surface area (Å²) in [5.74, 6) is -0.146. The number of hydrogen-bond donors (Lipinski definition) is 1. The lowest BCUT2D eigenvalue weighted by Crippen LogP contribution is -2.18. The van der Waals surface area contributed by atoms with Gasteiger partial charge in [0.25, 0.3) is 0 Å². The topological polar surface area (TPSA) is 12.0 Å². The van der Waals surface area contributed by atoms with Gasteiger partial charge in [-0.25, -0.2) is 4.39 Å². The predicted octanol–water partition coefficient (Wildman–Crippen LogP) is 5.37. The molecule has 1 aromatic carbocycles. The van der Waals surface area contributed by atoms with E-state index >= 15 is 0 Å². The first kappa shape index (κ1) is 14.2. The molecule has 0 amide bonds. The van der Waals surface area contributed by atoms with Crippen LogP contribution in [0.3, 0.4) is 0 Å². The summed E-state index contributed by atoms with van der Waals surface area (Å²) in [5.41, 5.74) is 0.732. The van der Waals surface area contributed by atoms with E-state index in [1.54, 1.807) is 28.7 Å². The van der Waals surface area contributed by atoms with Crippen LogP contribution in [0.4, 0.5) is 4.39 Å². The first-order chi connectivity index (χ1) is 9.67. The maximum Gasteiger partial charge on any atom is 0.126 e. The Morgan fingerprint density at radius 3 is 2.85 bits per heavy atom. The van der Waals surface area contributed by atoms with Crippen molar-refractivity contribution >= 4 is 48.0 Å². The van der Waals surface area contributed by atoms with E-state index in [0.717, 1.165) is 10.0 Å². The summed E-state index contributed by atoms with van der Waals surface area (Å²) < 4.78 is 17.4. The third kappa shape index (κ3) is 2.81. The van der Waals surface area contributed by atoms with E-state index in [2.05, 4.69) is 38.8 Å². The van der Waals surface area contributed by atoms with Crippen LogP contribution in [0.5, 0.6) is 0 Å². The number of fused-ring (bicyclic) bond motifs is 1. The lowest BCUT2D eigenvalue weighted by Gasteiger charge is -2.15. The van der Waals surface area contributed by atoms with Crippen LogP contribution in [0.2, 0.25) is 0 Å². The van der Waals surface area contributed by atoms with Crippen molar-refractivity contribution in [1.29, 1.82) is 0 Å². The van der Waals surface area contributed by atoms with Gasteiger partial charge >= 0.3 is 0 Å². The number of rotatable bonds is 4. The van der Waals surface area contributed by atoms with E-state index in [0.29, 0.717) is 6.42 Å². The highest BCUT2D eigenvalue weighted by Gasteiger charge is 2.16. The molecule has 5 heteroatoms. The van der Waals surface area contributed by atoms with Crippen molar-refractivity contribution in [3.63, 3.8) is 0 Å². The van der Waals surface area contributed by atoms with Gasteiger partial charge in [-0.1, -0.05) is 15.9 Å². The number of thiophene rings is 2. The molecule has 1 N–H and O–H groups in total. The van der Waals surface area contributed by atoms with Gasteiger partial charge in [0, 0.05) is 24.8 Å². The molecule has 0 aliphatic heterocycles. The van der Waals surface area contributed by atoms with Gasteiger partial charge in [0.05, 0.1) is 0 Å². The molecule has 0 aliphatic carbocycles. The molecule has 1 unspecified atom stereocenters. The van der Waals surface area contributed by atoms with Gasteiger partial charge in [-0.05, 0) is 54.7 Å². The van der Waals surface area contributed by atoms with Crippen LogP contribution < -0.4 is 5.32 Å². The van der Waals surface area contributed by atoms with E-state index < -0.39 is 0 Å². The molecule has 3 aromatic rings. The minimum Gasteiger partial charge on any atom is -0.312 e. The van der Waals surface area contributed by atoms with Gasteiger partial charge in [0.1, 0.15) is 5.82 Å². The summed E-state index contributed by atoms with van der Waals surface area (Å²) in [7, 11) is 1.92. The van der Waals surface area contributed by atoms with Gasteiger partial charge in [0.2, 0.25) is 0 Å². The van der Waals surface area contributed by atoms with Crippen LogP contribution in [0.25, 0.3) is 9.40 Å². The second-order valence-electron chi connectivity index (χ2n) is 4.58. The Balaban J connectivity index is 1.90. The van der Waals surface area contributed by atoms with Crippen molar-refractivity contribution in [2.75, 3.05) is 7.05 Å². The molecule has 1 nitrogen and oxygen atoms in total. The van der Waals surface area contributed by atoms with Gasteiger partial charge in [0.15, 0.2) is 0 Å². The van der Waals surface area contributed by atoms with Gasteiger partial charge in [-0.15, -0.1) is 22.7 Å². The van der Waals surface area contributed by atoms with Crippen LogP contribution in [-0.4, -0.2) is 7.05 Å². The van der Waals surface area contributed by atoms with E-state index in [4.69, 9.17) is 0 Å². The normalized spacial score (nSPS) is 12.9. The summed E-state index contributed by atoms with van der Waals surface area (Å²) in [6.45, 7) is 0. The van der Waals surface area contributed by atoms with E-state index in [9.17, 15) is 4.39 Å². The van der Waals surface area contributed by atoms with Crippen LogP contribution in [0, 0.1) is 5.82 Å². The molecule has 0 spiro atoms. The molecule has 1 atom stereocenters. The second kappa shape index (κ2) is 5.93. The fraction of sp³-hybridized carbons (Fsp3) is 0.200. The largest absolute Gasteiger partial charge is 0.312 e. The molecule has 0 bridgehead atoms. The molecule has 2 heterocycles. The number of likely N-dealkylation sites (N-methyl/N-ethyl adjacent to an activating group) is 1. The first-order valence-corrected chi connectivity index (χ1v) is 8.74. The Hall–Kier alpha value is -0.750. The SMILES string of the molecule is CNC(Cc1cc(Br)ccc1F)c1cc2sccc2s1. The van der Waals surface area contributed by atoms with Crippen LogP contribution in [-0.2, 0) is 6.42 Å². The zero-order valence-corrected chi connectivity index (χ0v) is 14.0. The smallest absolute Gasteiger partial charge is 0.126 e. The highest BCUT2D eigenvalue weighted by molar-refractivity contribution is 9.10. The molecular weight excluding hydrogens is 357 g/mol. The molecule has 0 saturated heterocycles. The van der Waals surface area contributed by atoms with Crippen molar-refractivity contribution in [3.8, 4) is 0 Å². The summed E-state index contributed by atoms with van der Waals surface area (Å²) in [4.78, 5) is 1.26. The number of nitrogens with one attached hydrogen (secondary N) is 1. The lowest BCUT2D eigenvalue weighted by molar-refractivity contribution is 0.560. The molecule has 2 aromatic heterocycles. The summed E-state index contributed by atoms with van der Waals surface area (Å²) in [5, 5.41) is 5.40. The Labute approximate surface area is 133 Å². The molecule has 20 heavy (non-hydrogen) atoms. The van der Waals surface area contributed by atoms with E-state index in [1.807, 2.05) is 13.1 Å². The van der Waals surface area contributed by atoms with E-state index in [-0.39, 0.29) is 11.9 Å².